The van der Waals surface area contributed by atoms with Crippen LogP contribution >= 0.6 is 0 Å². The number of benzene rings is 4. The first-order valence-corrected chi connectivity index (χ1v) is 8.79. The van der Waals surface area contributed by atoms with Gasteiger partial charge in [-0.25, -0.2) is 0 Å². The fourth-order valence-corrected chi connectivity index (χ4v) is 3.67. The molecule has 0 fully saturated rings. The first-order chi connectivity index (χ1) is 13.2. The number of hydrogen-bond donors (Lipinski definition) is 1. The van der Waals surface area contributed by atoms with Crippen molar-refractivity contribution in [2.75, 3.05) is 5.32 Å². The molecular formula is C24H15NO2. The van der Waals surface area contributed by atoms with E-state index >= 15 is 0 Å². The summed E-state index contributed by atoms with van der Waals surface area (Å²) in [5, 5.41) is 5.63. The lowest BCUT2D eigenvalue weighted by molar-refractivity contribution is 0.0979. The van der Waals surface area contributed by atoms with Crippen LogP contribution in [0.2, 0.25) is 0 Å². The highest BCUT2D eigenvalue weighted by Gasteiger charge is 2.29. The summed E-state index contributed by atoms with van der Waals surface area (Å²) in [6, 6.07) is 26.5. The summed E-state index contributed by atoms with van der Waals surface area (Å²) in [7, 11) is 0. The highest BCUT2D eigenvalue weighted by Crippen LogP contribution is 2.31. The lowest BCUT2D eigenvalue weighted by Gasteiger charge is -2.18. The Bertz CT molecular complexity index is 1230. The predicted octanol–water partition coefficient (Wildman–Crippen LogP) is 5.36. The minimum absolute atomic E-state index is 0.100. The van der Waals surface area contributed by atoms with Gasteiger partial charge in [0.1, 0.15) is 0 Å². The minimum Gasteiger partial charge on any atom is -0.355 e. The number of rotatable bonds is 2. The van der Waals surface area contributed by atoms with E-state index in [1.165, 1.54) is 0 Å². The maximum Gasteiger partial charge on any atom is 0.194 e. The van der Waals surface area contributed by atoms with Crippen LogP contribution in [0.1, 0.15) is 31.8 Å². The van der Waals surface area contributed by atoms with Gasteiger partial charge in [-0.2, -0.15) is 0 Å². The quantitative estimate of drug-likeness (QED) is 0.467. The number of nitrogens with one attached hydrogen (secondary N) is 1. The van der Waals surface area contributed by atoms with Crippen LogP contribution in [0.15, 0.2) is 84.9 Å². The number of fused-ring (bicyclic) bond motifs is 3. The Morgan fingerprint density at radius 2 is 1.19 bits per heavy atom. The summed E-state index contributed by atoms with van der Waals surface area (Å²) in [6.07, 6.45) is 0. The van der Waals surface area contributed by atoms with Crippen molar-refractivity contribution in [2.24, 2.45) is 0 Å². The predicted molar refractivity (Wildman–Crippen MR) is 107 cm³/mol. The molecule has 5 rings (SSSR count). The summed E-state index contributed by atoms with van der Waals surface area (Å²) in [5.74, 6) is -0.210. The van der Waals surface area contributed by atoms with Gasteiger partial charge in [0.05, 0.1) is 0 Å². The largest absolute Gasteiger partial charge is 0.355 e. The summed E-state index contributed by atoms with van der Waals surface area (Å²) < 4.78 is 0. The SMILES string of the molecule is O=C1c2ccccc2C(=O)c2cc(Nc3cccc4ccccc34)ccc21. The van der Waals surface area contributed by atoms with Crippen molar-refractivity contribution >= 4 is 33.7 Å². The molecule has 0 aliphatic heterocycles. The molecule has 0 radical (unpaired) electrons. The van der Waals surface area contributed by atoms with Gasteiger partial charge >= 0.3 is 0 Å². The zero-order chi connectivity index (χ0) is 18.4. The molecule has 0 bridgehead atoms. The fourth-order valence-electron chi connectivity index (χ4n) is 3.67. The van der Waals surface area contributed by atoms with Crippen LogP contribution in [0.3, 0.4) is 0 Å². The van der Waals surface area contributed by atoms with Crippen LogP contribution in [-0.2, 0) is 0 Å². The van der Waals surface area contributed by atoms with Crippen LogP contribution in [0, 0.1) is 0 Å². The molecule has 0 unspecified atom stereocenters. The van der Waals surface area contributed by atoms with Gasteiger partial charge in [0.25, 0.3) is 0 Å². The second-order valence-corrected chi connectivity index (χ2v) is 6.62. The lowest BCUT2D eigenvalue weighted by atomic mass is 9.84. The molecule has 1 aliphatic rings. The minimum atomic E-state index is -0.109. The molecule has 0 aromatic heterocycles. The van der Waals surface area contributed by atoms with Gasteiger partial charge in [0.15, 0.2) is 11.6 Å². The smallest absolute Gasteiger partial charge is 0.194 e. The number of carbonyl (C=O) groups is 2. The molecule has 1 aliphatic carbocycles. The molecule has 0 atom stereocenters. The normalized spacial score (nSPS) is 12.6. The highest BCUT2D eigenvalue weighted by atomic mass is 16.1. The van der Waals surface area contributed by atoms with Crippen molar-refractivity contribution in [3.63, 3.8) is 0 Å². The van der Waals surface area contributed by atoms with Gasteiger partial charge in [-0.3, -0.25) is 9.59 Å². The van der Waals surface area contributed by atoms with E-state index < -0.39 is 0 Å². The van der Waals surface area contributed by atoms with Crippen molar-refractivity contribution < 1.29 is 9.59 Å². The zero-order valence-electron chi connectivity index (χ0n) is 14.4. The van der Waals surface area contributed by atoms with Crippen molar-refractivity contribution in [3.05, 3.63) is 107 Å². The van der Waals surface area contributed by atoms with E-state index in [4.69, 9.17) is 0 Å². The van der Waals surface area contributed by atoms with E-state index in [9.17, 15) is 9.59 Å². The van der Waals surface area contributed by atoms with Crippen LogP contribution < -0.4 is 5.32 Å². The Kier molecular flexibility index (Phi) is 3.41. The summed E-state index contributed by atoms with van der Waals surface area (Å²) >= 11 is 0. The second kappa shape index (κ2) is 5.92. The standard InChI is InChI=1S/C24H15NO2/c26-23-18-9-3-4-10-19(18)24(27)21-14-16(12-13-20(21)23)25-22-11-5-7-15-6-1-2-8-17(15)22/h1-14,25H. The second-order valence-electron chi connectivity index (χ2n) is 6.62. The third-order valence-corrected chi connectivity index (χ3v) is 4.99. The molecule has 0 saturated carbocycles. The molecule has 128 valence electrons. The first kappa shape index (κ1) is 15.5. The number of anilines is 2. The van der Waals surface area contributed by atoms with E-state index in [-0.39, 0.29) is 11.6 Å². The Morgan fingerprint density at radius 1 is 0.556 bits per heavy atom. The van der Waals surface area contributed by atoms with E-state index in [0.29, 0.717) is 22.3 Å². The van der Waals surface area contributed by atoms with Crippen LogP contribution in [0.4, 0.5) is 11.4 Å². The van der Waals surface area contributed by atoms with Crippen LogP contribution in [0.25, 0.3) is 10.8 Å². The van der Waals surface area contributed by atoms with Gasteiger partial charge in [-0.1, -0.05) is 60.7 Å². The number of carbonyl (C=O) groups excluding carboxylic acids is 2. The first-order valence-electron chi connectivity index (χ1n) is 8.79. The number of hydrogen-bond acceptors (Lipinski definition) is 3. The molecule has 0 spiro atoms. The maximum atomic E-state index is 12.9. The van der Waals surface area contributed by atoms with Gasteiger partial charge in [-0.05, 0) is 29.7 Å². The third-order valence-electron chi connectivity index (χ3n) is 4.99. The van der Waals surface area contributed by atoms with Gasteiger partial charge in [0, 0.05) is 39.0 Å². The molecule has 0 saturated heterocycles. The highest BCUT2D eigenvalue weighted by molar-refractivity contribution is 6.28. The van der Waals surface area contributed by atoms with Crippen molar-refractivity contribution in [1.82, 2.24) is 0 Å². The zero-order valence-corrected chi connectivity index (χ0v) is 14.4. The lowest BCUT2D eigenvalue weighted by Crippen LogP contribution is -2.20. The fraction of sp³-hybridized carbons (Fsp3) is 0. The summed E-state index contributed by atoms with van der Waals surface area (Å²) in [5.41, 5.74) is 3.60. The average Bonchev–Trinajstić information content (AvgIpc) is 2.72. The van der Waals surface area contributed by atoms with Crippen LogP contribution in [-0.4, -0.2) is 11.6 Å². The van der Waals surface area contributed by atoms with E-state index in [2.05, 4.69) is 23.5 Å². The molecule has 3 heteroatoms. The Labute approximate surface area is 156 Å². The Hall–Kier alpha value is -3.72. The van der Waals surface area contributed by atoms with Gasteiger partial charge < -0.3 is 5.32 Å². The van der Waals surface area contributed by atoms with Crippen molar-refractivity contribution in [3.8, 4) is 0 Å². The third kappa shape index (κ3) is 2.44. The average molecular weight is 349 g/mol. The van der Waals surface area contributed by atoms with E-state index in [1.54, 1.807) is 36.4 Å². The summed E-state index contributed by atoms with van der Waals surface area (Å²) in [6.45, 7) is 0. The molecule has 1 N–H and O–H groups in total. The number of ketones is 2. The Morgan fingerprint density at radius 3 is 2.00 bits per heavy atom. The van der Waals surface area contributed by atoms with Gasteiger partial charge in [0.2, 0.25) is 0 Å². The molecule has 27 heavy (non-hydrogen) atoms. The van der Waals surface area contributed by atoms with E-state index in [1.807, 2.05) is 30.3 Å². The molecule has 4 aromatic carbocycles. The van der Waals surface area contributed by atoms with E-state index in [0.717, 1.165) is 22.1 Å². The molecular weight excluding hydrogens is 334 g/mol. The monoisotopic (exact) mass is 349 g/mol. The summed E-state index contributed by atoms with van der Waals surface area (Å²) in [4.78, 5) is 25.6. The molecule has 0 heterocycles. The maximum absolute atomic E-state index is 12.9. The molecule has 0 amide bonds. The van der Waals surface area contributed by atoms with Crippen molar-refractivity contribution in [2.45, 2.75) is 0 Å². The van der Waals surface area contributed by atoms with Crippen molar-refractivity contribution in [1.29, 1.82) is 0 Å². The topological polar surface area (TPSA) is 46.2 Å². The molecule has 4 aromatic rings. The van der Waals surface area contributed by atoms with Gasteiger partial charge in [-0.15, -0.1) is 0 Å². The van der Waals surface area contributed by atoms with Crippen LogP contribution in [0.5, 0.6) is 0 Å². The Balaban J connectivity index is 1.59. The molecule has 3 nitrogen and oxygen atoms in total.